The molecule has 0 aliphatic carbocycles. The zero-order valence-corrected chi connectivity index (χ0v) is 9.96. The number of H-pyrrole nitrogens is 1. The van der Waals surface area contributed by atoms with Gasteiger partial charge in [-0.3, -0.25) is 4.79 Å². The van der Waals surface area contributed by atoms with Crippen molar-refractivity contribution in [3.8, 4) is 0 Å². The number of benzene rings is 1. The largest absolute Gasteiger partial charge is 0.477 e. The quantitative estimate of drug-likeness (QED) is 0.843. The van der Waals surface area contributed by atoms with Crippen molar-refractivity contribution >= 4 is 32.8 Å². The standard InChI is InChI=1S/C11H8BrNO3/c1-5-2-3-8-6(9(5)12)4-7(11(15)16)10(14)13-8/h2-4H,1H3,(H,13,14)(H,15,16). The Labute approximate surface area is 99.0 Å². The van der Waals surface area contributed by atoms with Crippen LogP contribution in [-0.4, -0.2) is 16.1 Å². The molecule has 16 heavy (non-hydrogen) atoms. The van der Waals surface area contributed by atoms with E-state index in [4.69, 9.17) is 5.11 Å². The number of hydrogen-bond acceptors (Lipinski definition) is 2. The highest BCUT2D eigenvalue weighted by molar-refractivity contribution is 9.10. The van der Waals surface area contributed by atoms with Gasteiger partial charge in [0.05, 0.1) is 0 Å². The lowest BCUT2D eigenvalue weighted by molar-refractivity contribution is 0.0695. The molecular weight excluding hydrogens is 274 g/mol. The predicted octanol–water partition coefficient (Wildman–Crippen LogP) is 2.30. The molecule has 1 aromatic carbocycles. The fourth-order valence-corrected chi connectivity index (χ4v) is 1.97. The number of nitrogens with one attached hydrogen (secondary N) is 1. The molecule has 2 aromatic rings. The van der Waals surface area contributed by atoms with Crippen molar-refractivity contribution in [3.05, 3.63) is 44.2 Å². The average molecular weight is 282 g/mol. The normalized spacial score (nSPS) is 10.6. The number of aromatic amines is 1. The van der Waals surface area contributed by atoms with Gasteiger partial charge >= 0.3 is 5.97 Å². The van der Waals surface area contributed by atoms with Gasteiger partial charge in [0.15, 0.2) is 0 Å². The van der Waals surface area contributed by atoms with Gasteiger partial charge in [-0.1, -0.05) is 6.07 Å². The van der Waals surface area contributed by atoms with Crippen LogP contribution in [0.1, 0.15) is 15.9 Å². The molecule has 0 aliphatic rings. The van der Waals surface area contributed by atoms with Gasteiger partial charge in [0.1, 0.15) is 5.56 Å². The molecule has 5 heteroatoms. The Kier molecular flexibility index (Phi) is 2.55. The van der Waals surface area contributed by atoms with Crippen LogP contribution in [0.25, 0.3) is 10.9 Å². The van der Waals surface area contributed by atoms with Gasteiger partial charge in [0, 0.05) is 15.4 Å². The Morgan fingerprint density at radius 1 is 1.44 bits per heavy atom. The highest BCUT2D eigenvalue weighted by Gasteiger charge is 2.11. The van der Waals surface area contributed by atoms with Crippen LogP contribution in [0.2, 0.25) is 0 Å². The van der Waals surface area contributed by atoms with E-state index in [1.165, 1.54) is 6.07 Å². The van der Waals surface area contributed by atoms with E-state index in [0.717, 1.165) is 10.0 Å². The maximum Gasteiger partial charge on any atom is 0.341 e. The second kappa shape index (κ2) is 3.75. The monoisotopic (exact) mass is 281 g/mol. The summed E-state index contributed by atoms with van der Waals surface area (Å²) in [5.74, 6) is -1.23. The molecular formula is C11H8BrNO3. The summed E-state index contributed by atoms with van der Waals surface area (Å²) in [5.41, 5.74) is 0.762. The van der Waals surface area contributed by atoms with Crippen molar-refractivity contribution in [1.82, 2.24) is 4.98 Å². The first-order valence-corrected chi connectivity index (χ1v) is 5.35. The molecule has 0 saturated carbocycles. The Balaban J connectivity index is 2.92. The smallest absolute Gasteiger partial charge is 0.341 e. The minimum absolute atomic E-state index is 0.251. The second-order valence-electron chi connectivity index (χ2n) is 3.47. The van der Waals surface area contributed by atoms with Crippen LogP contribution in [0.15, 0.2) is 27.5 Å². The van der Waals surface area contributed by atoms with Crippen LogP contribution < -0.4 is 5.56 Å². The molecule has 0 fully saturated rings. The summed E-state index contributed by atoms with van der Waals surface area (Å²) in [5, 5.41) is 9.54. The van der Waals surface area contributed by atoms with Crippen molar-refractivity contribution in [2.75, 3.05) is 0 Å². The second-order valence-corrected chi connectivity index (χ2v) is 4.27. The number of aromatic nitrogens is 1. The van der Waals surface area contributed by atoms with Gasteiger partial charge in [0.2, 0.25) is 0 Å². The molecule has 0 unspecified atom stereocenters. The Bertz CT molecular complexity index is 645. The fraction of sp³-hybridized carbons (Fsp3) is 0.0909. The number of pyridine rings is 1. The molecule has 2 rings (SSSR count). The number of carboxylic acid groups (broad SMARTS) is 1. The minimum Gasteiger partial charge on any atom is -0.477 e. The Hall–Kier alpha value is -1.62. The molecule has 1 aromatic heterocycles. The maximum atomic E-state index is 11.4. The van der Waals surface area contributed by atoms with Crippen molar-refractivity contribution < 1.29 is 9.90 Å². The lowest BCUT2D eigenvalue weighted by atomic mass is 10.1. The molecule has 0 aliphatic heterocycles. The van der Waals surface area contributed by atoms with Crippen LogP contribution in [0.4, 0.5) is 0 Å². The van der Waals surface area contributed by atoms with Crippen LogP contribution >= 0.6 is 15.9 Å². The Morgan fingerprint density at radius 2 is 2.12 bits per heavy atom. The SMILES string of the molecule is Cc1ccc2[nH]c(=O)c(C(=O)O)cc2c1Br. The third-order valence-electron chi connectivity index (χ3n) is 2.38. The number of aromatic carboxylic acids is 1. The van der Waals surface area contributed by atoms with E-state index in [9.17, 15) is 9.59 Å². The summed E-state index contributed by atoms with van der Waals surface area (Å²) in [6.07, 6.45) is 0. The van der Waals surface area contributed by atoms with Gasteiger partial charge in [-0.25, -0.2) is 4.79 Å². The van der Waals surface area contributed by atoms with Crippen molar-refractivity contribution in [1.29, 1.82) is 0 Å². The lowest BCUT2D eigenvalue weighted by Gasteiger charge is -2.04. The molecule has 0 spiro atoms. The van der Waals surface area contributed by atoms with Crippen LogP contribution in [0, 0.1) is 6.92 Å². The Morgan fingerprint density at radius 3 is 2.75 bits per heavy atom. The summed E-state index contributed by atoms with van der Waals surface area (Å²) < 4.78 is 0.795. The predicted molar refractivity (Wildman–Crippen MR) is 64.0 cm³/mol. The topological polar surface area (TPSA) is 70.2 Å². The van der Waals surface area contributed by atoms with Crippen LogP contribution in [0.5, 0.6) is 0 Å². The summed E-state index contributed by atoms with van der Waals surface area (Å²) >= 11 is 3.37. The van der Waals surface area contributed by atoms with E-state index < -0.39 is 11.5 Å². The number of aryl methyl sites for hydroxylation is 1. The summed E-state index contributed by atoms with van der Waals surface area (Å²) in [7, 11) is 0. The summed E-state index contributed by atoms with van der Waals surface area (Å²) in [6.45, 7) is 1.90. The molecule has 2 N–H and O–H groups in total. The van der Waals surface area contributed by atoms with Crippen molar-refractivity contribution in [2.24, 2.45) is 0 Å². The molecule has 0 amide bonds. The summed E-state index contributed by atoms with van der Waals surface area (Å²) in [6, 6.07) is 4.98. The van der Waals surface area contributed by atoms with Crippen LogP contribution in [0.3, 0.4) is 0 Å². The van der Waals surface area contributed by atoms with E-state index in [1.807, 2.05) is 13.0 Å². The molecule has 0 bridgehead atoms. The van der Waals surface area contributed by atoms with Gasteiger partial charge in [-0.05, 0) is 40.5 Å². The number of fused-ring (bicyclic) bond motifs is 1. The minimum atomic E-state index is -1.23. The molecule has 82 valence electrons. The van der Waals surface area contributed by atoms with E-state index >= 15 is 0 Å². The number of carboxylic acids is 1. The van der Waals surface area contributed by atoms with Crippen molar-refractivity contribution in [2.45, 2.75) is 6.92 Å². The average Bonchev–Trinajstić information content (AvgIpc) is 2.23. The van der Waals surface area contributed by atoms with E-state index in [1.54, 1.807) is 6.07 Å². The number of carbonyl (C=O) groups is 1. The zero-order valence-electron chi connectivity index (χ0n) is 8.37. The fourth-order valence-electron chi connectivity index (χ4n) is 1.51. The lowest BCUT2D eigenvalue weighted by Crippen LogP contribution is -2.17. The third-order valence-corrected chi connectivity index (χ3v) is 3.44. The van der Waals surface area contributed by atoms with Gasteiger partial charge in [0.25, 0.3) is 5.56 Å². The number of rotatable bonds is 1. The zero-order chi connectivity index (χ0) is 11.9. The third kappa shape index (κ3) is 1.63. The molecule has 1 heterocycles. The molecule has 0 atom stereocenters. The van der Waals surface area contributed by atoms with Gasteiger partial charge < -0.3 is 10.1 Å². The van der Waals surface area contributed by atoms with E-state index in [-0.39, 0.29) is 5.56 Å². The maximum absolute atomic E-state index is 11.4. The van der Waals surface area contributed by atoms with Gasteiger partial charge in [-0.15, -0.1) is 0 Å². The molecule has 0 saturated heterocycles. The highest BCUT2D eigenvalue weighted by atomic mass is 79.9. The highest BCUT2D eigenvalue weighted by Crippen LogP contribution is 2.25. The summed E-state index contributed by atoms with van der Waals surface area (Å²) in [4.78, 5) is 24.8. The van der Waals surface area contributed by atoms with Crippen molar-refractivity contribution in [3.63, 3.8) is 0 Å². The number of hydrogen-bond donors (Lipinski definition) is 2. The number of halogens is 1. The van der Waals surface area contributed by atoms with E-state index in [0.29, 0.717) is 10.9 Å². The molecule has 0 radical (unpaired) electrons. The first kappa shape index (κ1) is 10.9. The first-order valence-electron chi connectivity index (χ1n) is 4.56. The first-order chi connectivity index (χ1) is 7.50. The van der Waals surface area contributed by atoms with E-state index in [2.05, 4.69) is 20.9 Å². The van der Waals surface area contributed by atoms with Gasteiger partial charge in [-0.2, -0.15) is 0 Å². The van der Waals surface area contributed by atoms with Crippen LogP contribution in [-0.2, 0) is 0 Å². The molecule has 4 nitrogen and oxygen atoms in total.